The molecule has 1 aromatic rings. The summed E-state index contributed by atoms with van der Waals surface area (Å²) in [4.78, 5) is 11.1. The molecule has 0 aliphatic carbocycles. The van der Waals surface area contributed by atoms with E-state index >= 15 is 0 Å². The summed E-state index contributed by atoms with van der Waals surface area (Å²) in [5.74, 6) is 1.86. The summed E-state index contributed by atoms with van der Waals surface area (Å²) in [5, 5.41) is 0.112. The molecule has 0 aromatic heterocycles. The molecule has 1 aromatic carbocycles. The first-order valence-electron chi connectivity index (χ1n) is 9.00. The molecule has 0 aliphatic heterocycles. The summed E-state index contributed by atoms with van der Waals surface area (Å²) in [6, 6.07) is 3.90. The lowest BCUT2D eigenvalue weighted by atomic mass is 10.0. The Labute approximate surface area is 159 Å². The third-order valence-corrected chi connectivity index (χ3v) is 9.64. The van der Waals surface area contributed by atoms with Gasteiger partial charge in [-0.25, -0.2) is 0 Å². The summed E-state index contributed by atoms with van der Waals surface area (Å²) >= 11 is 0. The van der Waals surface area contributed by atoms with Gasteiger partial charge in [0.2, 0.25) is 5.75 Å². The first-order chi connectivity index (χ1) is 12.1. The predicted molar refractivity (Wildman–Crippen MR) is 107 cm³/mol. The zero-order valence-corrected chi connectivity index (χ0v) is 18.5. The van der Waals surface area contributed by atoms with Gasteiger partial charge in [0, 0.05) is 6.42 Å². The molecule has 0 fully saturated rings. The molecule has 0 spiro atoms. The summed E-state index contributed by atoms with van der Waals surface area (Å²) < 4.78 is 22.6. The minimum absolute atomic E-state index is 0.0764. The fourth-order valence-electron chi connectivity index (χ4n) is 2.53. The number of rotatable bonds is 10. The summed E-state index contributed by atoms with van der Waals surface area (Å²) in [6.07, 6.45) is 2.82. The number of aldehydes is 1. The number of carbonyl (C=O) groups excluding carboxylic acids is 1. The molecular weight excluding hydrogens is 348 g/mol. The molecular formula is C20H34O5Si. The maximum absolute atomic E-state index is 11.1. The lowest BCUT2D eigenvalue weighted by Gasteiger charge is -2.39. The van der Waals surface area contributed by atoms with Crippen molar-refractivity contribution in [2.75, 3.05) is 21.3 Å². The predicted octanol–water partition coefficient (Wildman–Crippen LogP) is 4.62. The van der Waals surface area contributed by atoms with Crippen molar-refractivity contribution in [3.8, 4) is 17.2 Å². The van der Waals surface area contributed by atoms with Gasteiger partial charge in [-0.05, 0) is 48.7 Å². The van der Waals surface area contributed by atoms with Crippen molar-refractivity contribution in [2.45, 2.75) is 64.3 Å². The fraction of sp³-hybridized carbons (Fsp3) is 0.650. The number of aryl methyl sites for hydroxylation is 1. The lowest BCUT2D eigenvalue weighted by molar-refractivity contribution is -0.109. The number of ether oxygens (including phenoxy) is 3. The minimum atomic E-state index is -1.92. The highest BCUT2D eigenvalue weighted by Gasteiger charge is 2.39. The van der Waals surface area contributed by atoms with Gasteiger partial charge in [0.25, 0.3) is 0 Å². The van der Waals surface area contributed by atoms with Crippen LogP contribution in [-0.4, -0.2) is 42.0 Å². The second-order valence-electron chi connectivity index (χ2n) is 7.97. The maximum Gasteiger partial charge on any atom is 0.203 e. The zero-order chi connectivity index (χ0) is 20.0. The average molecular weight is 383 g/mol. The molecule has 0 saturated heterocycles. The second-order valence-corrected chi connectivity index (χ2v) is 12.7. The van der Waals surface area contributed by atoms with Crippen molar-refractivity contribution in [3.05, 3.63) is 17.7 Å². The normalized spacial score (nSPS) is 13.2. The van der Waals surface area contributed by atoms with Crippen molar-refractivity contribution in [3.63, 3.8) is 0 Å². The van der Waals surface area contributed by atoms with Crippen LogP contribution in [0.1, 0.15) is 39.2 Å². The molecule has 0 heterocycles. The van der Waals surface area contributed by atoms with Gasteiger partial charge in [-0.3, -0.25) is 0 Å². The van der Waals surface area contributed by atoms with E-state index in [1.807, 2.05) is 12.1 Å². The van der Waals surface area contributed by atoms with Crippen LogP contribution in [0.25, 0.3) is 0 Å². The van der Waals surface area contributed by atoms with Crippen LogP contribution < -0.4 is 14.2 Å². The van der Waals surface area contributed by atoms with E-state index in [2.05, 4.69) is 33.9 Å². The molecule has 0 saturated carbocycles. The van der Waals surface area contributed by atoms with E-state index in [-0.39, 0.29) is 11.1 Å². The van der Waals surface area contributed by atoms with Crippen LogP contribution in [0.3, 0.4) is 0 Å². The van der Waals surface area contributed by atoms with Gasteiger partial charge in [-0.15, -0.1) is 0 Å². The van der Waals surface area contributed by atoms with Gasteiger partial charge >= 0.3 is 0 Å². The Morgan fingerprint density at radius 1 is 1.04 bits per heavy atom. The molecule has 0 aliphatic rings. The van der Waals surface area contributed by atoms with Gasteiger partial charge in [0.15, 0.2) is 19.8 Å². The Morgan fingerprint density at radius 2 is 1.58 bits per heavy atom. The largest absolute Gasteiger partial charge is 0.493 e. The van der Waals surface area contributed by atoms with Crippen molar-refractivity contribution < 1.29 is 23.4 Å². The molecule has 0 amide bonds. The zero-order valence-electron chi connectivity index (χ0n) is 17.5. The standard InChI is InChI=1S/C20H34O5Si/c1-20(2,3)26(7,8)25-16(11-12-21)10-9-15-13-17(22-4)19(24-6)18(14-15)23-5/h12-14,16H,9-11H2,1-8H3/t16-/m0/s1. The fourth-order valence-corrected chi connectivity index (χ4v) is 3.93. The Hall–Kier alpha value is -1.53. The second kappa shape index (κ2) is 9.42. The highest BCUT2D eigenvalue weighted by molar-refractivity contribution is 6.74. The molecule has 0 radical (unpaired) electrons. The van der Waals surface area contributed by atoms with Crippen molar-refractivity contribution in [1.29, 1.82) is 0 Å². The monoisotopic (exact) mass is 382 g/mol. The summed E-state index contributed by atoms with van der Waals surface area (Å²) in [7, 11) is 2.88. The minimum Gasteiger partial charge on any atom is -0.493 e. The number of carbonyl (C=O) groups is 1. The van der Waals surface area contributed by atoms with Crippen molar-refractivity contribution >= 4 is 14.6 Å². The first kappa shape index (κ1) is 22.5. The molecule has 0 unspecified atom stereocenters. The van der Waals surface area contributed by atoms with E-state index in [0.29, 0.717) is 23.7 Å². The van der Waals surface area contributed by atoms with Gasteiger partial charge in [-0.1, -0.05) is 20.8 Å². The van der Waals surface area contributed by atoms with E-state index in [0.717, 1.165) is 24.7 Å². The van der Waals surface area contributed by atoms with E-state index in [4.69, 9.17) is 18.6 Å². The van der Waals surface area contributed by atoms with Gasteiger partial charge in [-0.2, -0.15) is 0 Å². The Morgan fingerprint density at radius 3 is 1.96 bits per heavy atom. The van der Waals surface area contributed by atoms with Crippen LogP contribution in [0.15, 0.2) is 12.1 Å². The van der Waals surface area contributed by atoms with Gasteiger partial charge in [0.1, 0.15) is 6.29 Å². The van der Waals surface area contributed by atoms with E-state index in [1.54, 1.807) is 21.3 Å². The van der Waals surface area contributed by atoms with Crippen LogP contribution >= 0.6 is 0 Å². The lowest BCUT2D eigenvalue weighted by Crippen LogP contribution is -2.44. The molecule has 5 nitrogen and oxygen atoms in total. The molecule has 6 heteroatoms. The number of methoxy groups -OCH3 is 3. The molecule has 1 atom stereocenters. The Bertz CT molecular complexity index is 567. The summed E-state index contributed by atoms with van der Waals surface area (Å²) in [6.45, 7) is 11.0. The molecule has 1 rings (SSSR count). The third kappa shape index (κ3) is 5.74. The molecule has 0 bridgehead atoms. The Balaban J connectivity index is 2.94. The highest BCUT2D eigenvalue weighted by atomic mass is 28.4. The number of benzene rings is 1. The molecule has 0 N–H and O–H groups in total. The smallest absolute Gasteiger partial charge is 0.203 e. The van der Waals surface area contributed by atoms with Crippen LogP contribution in [0.2, 0.25) is 18.1 Å². The van der Waals surface area contributed by atoms with Crippen LogP contribution in [0.4, 0.5) is 0 Å². The van der Waals surface area contributed by atoms with Crippen molar-refractivity contribution in [2.24, 2.45) is 0 Å². The number of hydrogen-bond donors (Lipinski definition) is 0. The first-order valence-corrected chi connectivity index (χ1v) is 11.9. The van der Waals surface area contributed by atoms with E-state index in [1.165, 1.54) is 0 Å². The number of hydrogen-bond acceptors (Lipinski definition) is 5. The Kier molecular flexibility index (Phi) is 8.15. The van der Waals surface area contributed by atoms with Gasteiger partial charge in [0.05, 0.1) is 27.4 Å². The van der Waals surface area contributed by atoms with E-state index in [9.17, 15) is 4.79 Å². The van der Waals surface area contributed by atoms with Gasteiger partial charge < -0.3 is 23.4 Å². The third-order valence-electron chi connectivity index (χ3n) is 5.11. The quantitative estimate of drug-likeness (QED) is 0.436. The SMILES string of the molecule is COc1cc(CC[C@@H](CC=O)O[Si](C)(C)C(C)(C)C)cc(OC)c1OC. The summed E-state index contributed by atoms with van der Waals surface area (Å²) in [5.41, 5.74) is 1.06. The van der Waals surface area contributed by atoms with Crippen LogP contribution in [0, 0.1) is 0 Å². The molecule has 148 valence electrons. The topological polar surface area (TPSA) is 54.0 Å². The van der Waals surface area contributed by atoms with Crippen LogP contribution in [0.5, 0.6) is 17.2 Å². The van der Waals surface area contributed by atoms with E-state index < -0.39 is 8.32 Å². The van der Waals surface area contributed by atoms with Crippen LogP contribution in [-0.2, 0) is 15.6 Å². The highest BCUT2D eigenvalue weighted by Crippen LogP contribution is 2.40. The van der Waals surface area contributed by atoms with Crippen molar-refractivity contribution in [1.82, 2.24) is 0 Å². The molecule has 26 heavy (non-hydrogen) atoms. The average Bonchev–Trinajstić information content (AvgIpc) is 2.57. The maximum atomic E-state index is 11.1.